The summed E-state index contributed by atoms with van der Waals surface area (Å²) in [7, 11) is 0. The highest BCUT2D eigenvalue weighted by atomic mass is 16.3. The summed E-state index contributed by atoms with van der Waals surface area (Å²) in [6, 6.07) is 6.66. The van der Waals surface area contributed by atoms with Crippen LogP contribution in [0.5, 0.6) is 0 Å². The van der Waals surface area contributed by atoms with E-state index in [4.69, 9.17) is 4.42 Å². The Morgan fingerprint density at radius 1 is 1.53 bits per heavy atom. The van der Waals surface area contributed by atoms with Crippen LogP contribution in [-0.2, 0) is 0 Å². The predicted molar refractivity (Wildman–Crippen MR) is 68.3 cm³/mol. The van der Waals surface area contributed by atoms with Gasteiger partial charge in [-0.1, -0.05) is 0 Å². The number of fused-ring (bicyclic) bond motifs is 1. The lowest BCUT2D eigenvalue weighted by Gasteiger charge is -2.12. The molecule has 90 valence electrons. The molecule has 0 bridgehead atoms. The van der Waals surface area contributed by atoms with Crippen LogP contribution in [0.4, 0.5) is 5.69 Å². The second kappa shape index (κ2) is 4.37. The molecule has 2 N–H and O–H groups in total. The monoisotopic (exact) mass is 231 g/mol. The Hall–Kier alpha value is -1.55. The van der Waals surface area contributed by atoms with Crippen LogP contribution < -0.4 is 10.6 Å². The fourth-order valence-corrected chi connectivity index (χ4v) is 2.32. The molecule has 1 saturated heterocycles. The molecule has 1 unspecified atom stereocenters. The Bertz CT molecular complexity index is 514. The summed E-state index contributed by atoms with van der Waals surface area (Å²) in [4.78, 5) is 4.33. The van der Waals surface area contributed by atoms with E-state index in [1.807, 2.05) is 25.1 Å². The van der Waals surface area contributed by atoms with Gasteiger partial charge in [-0.3, -0.25) is 0 Å². The Balaban J connectivity index is 1.71. The fourth-order valence-electron chi connectivity index (χ4n) is 2.32. The van der Waals surface area contributed by atoms with Gasteiger partial charge in [0.1, 0.15) is 5.52 Å². The van der Waals surface area contributed by atoms with Gasteiger partial charge in [0.2, 0.25) is 0 Å². The van der Waals surface area contributed by atoms with Gasteiger partial charge in [-0.05, 0) is 37.6 Å². The van der Waals surface area contributed by atoms with Crippen LogP contribution in [0.15, 0.2) is 22.6 Å². The van der Waals surface area contributed by atoms with Gasteiger partial charge in [0, 0.05) is 25.2 Å². The van der Waals surface area contributed by atoms with E-state index in [2.05, 4.69) is 15.6 Å². The first-order valence-electron chi connectivity index (χ1n) is 6.16. The number of hydrogen-bond acceptors (Lipinski definition) is 4. The molecule has 1 aliphatic heterocycles. The third-order valence-electron chi connectivity index (χ3n) is 3.21. The van der Waals surface area contributed by atoms with E-state index >= 15 is 0 Å². The van der Waals surface area contributed by atoms with Gasteiger partial charge in [0.15, 0.2) is 11.5 Å². The number of aryl methyl sites for hydroxylation is 1. The molecular weight excluding hydrogens is 214 g/mol. The second-order valence-corrected chi connectivity index (χ2v) is 4.59. The molecule has 1 aliphatic rings. The van der Waals surface area contributed by atoms with Crippen molar-refractivity contribution in [1.82, 2.24) is 10.3 Å². The average molecular weight is 231 g/mol. The van der Waals surface area contributed by atoms with Gasteiger partial charge < -0.3 is 15.1 Å². The number of benzene rings is 1. The van der Waals surface area contributed by atoms with E-state index < -0.39 is 0 Å². The van der Waals surface area contributed by atoms with Crippen molar-refractivity contribution in [2.75, 3.05) is 18.4 Å². The van der Waals surface area contributed by atoms with Crippen LogP contribution >= 0.6 is 0 Å². The number of nitrogens with one attached hydrogen (secondary N) is 2. The quantitative estimate of drug-likeness (QED) is 0.851. The minimum atomic E-state index is 0.602. The largest absolute Gasteiger partial charge is 0.441 e. The summed E-state index contributed by atoms with van der Waals surface area (Å²) in [6.45, 7) is 3.99. The number of oxazole rings is 1. The summed E-state index contributed by atoms with van der Waals surface area (Å²) in [5.41, 5.74) is 2.89. The molecule has 1 aromatic carbocycles. The molecule has 2 heterocycles. The molecule has 4 nitrogen and oxygen atoms in total. The molecule has 17 heavy (non-hydrogen) atoms. The van der Waals surface area contributed by atoms with Crippen LogP contribution in [0.3, 0.4) is 0 Å². The summed E-state index contributed by atoms with van der Waals surface area (Å²) in [5.74, 6) is 0.717. The Labute approximate surface area is 100 Å². The Morgan fingerprint density at radius 3 is 3.29 bits per heavy atom. The van der Waals surface area contributed by atoms with E-state index in [1.165, 1.54) is 12.8 Å². The van der Waals surface area contributed by atoms with Crippen LogP contribution in [0.2, 0.25) is 0 Å². The predicted octanol–water partition coefficient (Wildman–Crippen LogP) is 2.30. The molecule has 0 aliphatic carbocycles. The van der Waals surface area contributed by atoms with Gasteiger partial charge in [-0.25, -0.2) is 4.98 Å². The van der Waals surface area contributed by atoms with Crippen LogP contribution in [0.1, 0.15) is 18.7 Å². The van der Waals surface area contributed by atoms with Crippen molar-refractivity contribution in [2.45, 2.75) is 25.8 Å². The second-order valence-electron chi connectivity index (χ2n) is 4.59. The molecule has 0 radical (unpaired) electrons. The SMILES string of the molecule is Cc1nc2cc(NCC3CCCN3)ccc2o1. The van der Waals surface area contributed by atoms with Gasteiger partial charge in [0.25, 0.3) is 0 Å². The van der Waals surface area contributed by atoms with E-state index in [0.29, 0.717) is 6.04 Å². The summed E-state index contributed by atoms with van der Waals surface area (Å²) >= 11 is 0. The molecule has 1 aromatic heterocycles. The first kappa shape index (κ1) is 10.6. The summed E-state index contributed by atoms with van der Waals surface area (Å²) in [5, 5.41) is 6.92. The third kappa shape index (κ3) is 2.26. The molecule has 0 saturated carbocycles. The van der Waals surface area contributed by atoms with E-state index in [9.17, 15) is 0 Å². The molecule has 4 heteroatoms. The molecule has 3 rings (SSSR count). The van der Waals surface area contributed by atoms with Gasteiger partial charge in [0.05, 0.1) is 0 Å². The summed E-state index contributed by atoms with van der Waals surface area (Å²) < 4.78 is 5.45. The van der Waals surface area contributed by atoms with Gasteiger partial charge >= 0.3 is 0 Å². The van der Waals surface area contributed by atoms with Crippen molar-refractivity contribution in [3.8, 4) is 0 Å². The normalized spacial score (nSPS) is 19.9. The zero-order chi connectivity index (χ0) is 11.7. The number of rotatable bonds is 3. The van der Waals surface area contributed by atoms with Gasteiger partial charge in [-0.15, -0.1) is 0 Å². The maximum atomic E-state index is 5.45. The van der Waals surface area contributed by atoms with E-state index in [1.54, 1.807) is 0 Å². The number of anilines is 1. The maximum absolute atomic E-state index is 5.45. The smallest absolute Gasteiger partial charge is 0.192 e. The lowest BCUT2D eigenvalue weighted by molar-refractivity contribution is 0.561. The molecule has 0 amide bonds. The molecule has 0 spiro atoms. The van der Waals surface area contributed by atoms with Crippen molar-refractivity contribution in [1.29, 1.82) is 0 Å². The molecule has 1 atom stereocenters. The molecule has 2 aromatic rings. The zero-order valence-electron chi connectivity index (χ0n) is 9.99. The number of hydrogen-bond donors (Lipinski definition) is 2. The first-order valence-corrected chi connectivity index (χ1v) is 6.16. The third-order valence-corrected chi connectivity index (χ3v) is 3.21. The number of aromatic nitrogens is 1. The van der Waals surface area contributed by atoms with Crippen molar-refractivity contribution >= 4 is 16.8 Å². The Morgan fingerprint density at radius 2 is 2.47 bits per heavy atom. The van der Waals surface area contributed by atoms with Gasteiger partial charge in [-0.2, -0.15) is 0 Å². The molecular formula is C13H17N3O. The van der Waals surface area contributed by atoms with Crippen molar-refractivity contribution in [3.63, 3.8) is 0 Å². The lowest BCUT2D eigenvalue weighted by Crippen LogP contribution is -2.29. The fraction of sp³-hybridized carbons (Fsp3) is 0.462. The maximum Gasteiger partial charge on any atom is 0.192 e. The molecule has 1 fully saturated rings. The highest BCUT2D eigenvalue weighted by Crippen LogP contribution is 2.19. The van der Waals surface area contributed by atoms with Crippen molar-refractivity contribution in [2.24, 2.45) is 0 Å². The topological polar surface area (TPSA) is 50.1 Å². The van der Waals surface area contributed by atoms with E-state index in [-0.39, 0.29) is 0 Å². The standard InChI is InChI=1S/C13H17N3O/c1-9-16-12-7-10(4-5-13(12)17-9)15-8-11-3-2-6-14-11/h4-5,7,11,14-15H,2-3,6,8H2,1H3. The Kier molecular flexibility index (Phi) is 2.73. The number of nitrogens with zero attached hydrogens (tertiary/aromatic N) is 1. The zero-order valence-corrected chi connectivity index (χ0v) is 9.99. The van der Waals surface area contributed by atoms with Crippen molar-refractivity contribution in [3.05, 3.63) is 24.1 Å². The minimum Gasteiger partial charge on any atom is -0.441 e. The van der Waals surface area contributed by atoms with Crippen LogP contribution in [0.25, 0.3) is 11.1 Å². The van der Waals surface area contributed by atoms with Crippen LogP contribution in [-0.4, -0.2) is 24.1 Å². The van der Waals surface area contributed by atoms with Crippen molar-refractivity contribution < 1.29 is 4.42 Å². The summed E-state index contributed by atoms with van der Waals surface area (Å²) in [6.07, 6.45) is 2.55. The highest BCUT2D eigenvalue weighted by molar-refractivity contribution is 5.77. The van der Waals surface area contributed by atoms with E-state index in [0.717, 1.165) is 35.8 Å². The minimum absolute atomic E-state index is 0.602. The average Bonchev–Trinajstić information content (AvgIpc) is 2.92. The van der Waals surface area contributed by atoms with Crippen LogP contribution in [0, 0.1) is 6.92 Å². The first-order chi connectivity index (χ1) is 8.31. The lowest BCUT2D eigenvalue weighted by atomic mass is 10.2. The highest BCUT2D eigenvalue weighted by Gasteiger charge is 2.13.